The minimum absolute atomic E-state index is 0.00125. The Morgan fingerprint density at radius 3 is 2.44 bits per heavy atom. The second-order valence-electron chi connectivity index (χ2n) is 11.0. The van der Waals surface area contributed by atoms with Crippen molar-refractivity contribution in [1.82, 2.24) is 9.80 Å². The maximum Gasteiger partial charge on any atom is 0.411 e. The Labute approximate surface area is 229 Å². The van der Waals surface area contributed by atoms with Gasteiger partial charge in [0, 0.05) is 43.9 Å². The van der Waals surface area contributed by atoms with E-state index in [4.69, 9.17) is 4.74 Å². The summed E-state index contributed by atoms with van der Waals surface area (Å²) in [6.45, 7) is 4.29. The van der Waals surface area contributed by atoms with Gasteiger partial charge in [0.2, 0.25) is 0 Å². The van der Waals surface area contributed by atoms with E-state index in [1.54, 1.807) is 0 Å². The molecule has 1 unspecified atom stereocenters. The molecule has 202 valence electrons. The monoisotopic (exact) mass is 525 g/mol. The normalized spacial score (nSPS) is 22.4. The van der Waals surface area contributed by atoms with Crippen LogP contribution in [0.3, 0.4) is 0 Å². The van der Waals surface area contributed by atoms with Crippen molar-refractivity contribution in [3.05, 3.63) is 89.5 Å². The summed E-state index contributed by atoms with van der Waals surface area (Å²) in [5, 5.41) is 12.3. The Hall–Kier alpha value is -3.68. The Morgan fingerprint density at radius 2 is 1.67 bits per heavy atom. The number of aliphatic hydroxyl groups excluding tert-OH is 1. The fourth-order valence-corrected chi connectivity index (χ4v) is 6.54. The molecule has 7 heteroatoms. The lowest BCUT2D eigenvalue weighted by Gasteiger charge is -2.30. The highest BCUT2D eigenvalue weighted by Gasteiger charge is 2.42. The summed E-state index contributed by atoms with van der Waals surface area (Å²) in [5.74, 6) is 1.14. The van der Waals surface area contributed by atoms with Crippen LogP contribution in [0.2, 0.25) is 0 Å². The van der Waals surface area contributed by atoms with E-state index in [9.17, 15) is 14.7 Å². The summed E-state index contributed by atoms with van der Waals surface area (Å²) >= 11 is 0. The van der Waals surface area contributed by atoms with E-state index in [1.165, 1.54) is 0 Å². The van der Waals surface area contributed by atoms with Gasteiger partial charge in [0.1, 0.15) is 6.10 Å². The average Bonchev–Trinajstić information content (AvgIpc) is 3.51. The lowest BCUT2D eigenvalue weighted by Crippen LogP contribution is -2.42. The summed E-state index contributed by atoms with van der Waals surface area (Å²) < 4.78 is 5.86. The maximum atomic E-state index is 13.0. The molecule has 1 saturated heterocycles. The van der Waals surface area contributed by atoms with E-state index < -0.39 is 6.09 Å². The third-order valence-electron chi connectivity index (χ3n) is 8.51. The van der Waals surface area contributed by atoms with Crippen LogP contribution in [0.4, 0.5) is 10.5 Å². The number of ether oxygens (including phenoxy) is 1. The number of benzene rings is 3. The fourth-order valence-electron chi connectivity index (χ4n) is 6.54. The molecule has 1 saturated carbocycles. The summed E-state index contributed by atoms with van der Waals surface area (Å²) in [6, 6.07) is 23.5. The standard InChI is InChI=1S/C32H35N3O4/c36-21-22-10-11-29-24(16-22)12-13-35(31(29)37)15-14-34-19-25-17-27(18-26(25)20-34)39-32(38)33-30-9-5-4-8-28(30)23-6-2-1-3-7-23/h1-11,16,25-27,36H,12-15,17-21H2,(H,33,38)/t25-,26+,27?. The predicted octanol–water partition coefficient (Wildman–Crippen LogP) is 4.80. The molecule has 2 aliphatic heterocycles. The highest BCUT2D eigenvalue weighted by atomic mass is 16.6. The van der Waals surface area contributed by atoms with E-state index in [1.807, 2.05) is 77.7 Å². The Morgan fingerprint density at radius 1 is 0.923 bits per heavy atom. The second kappa shape index (κ2) is 11.2. The number of nitrogens with zero attached hydrogens (tertiary/aromatic N) is 2. The van der Waals surface area contributed by atoms with Gasteiger partial charge in [-0.15, -0.1) is 0 Å². The number of fused-ring (bicyclic) bond motifs is 2. The third-order valence-corrected chi connectivity index (χ3v) is 8.51. The van der Waals surface area contributed by atoms with Crippen LogP contribution in [0.1, 0.15) is 34.3 Å². The Kier molecular flexibility index (Phi) is 7.35. The molecule has 1 aliphatic carbocycles. The topological polar surface area (TPSA) is 82.1 Å². The Balaban J connectivity index is 0.973. The first-order valence-electron chi connectivity index (χ1n) is 13.9. The second-order valence-corrected chi connectivity index (χ2v) is 11.0. The number of hydrogen-bond acceptors (Lipinski definition) is 5. The van der Waals surface area contributed by atoms with Crippen LogP contribution in [-0.4, -0.2) is 65.7 Å². The van der Waals surface area contributed by atoms with Crippen molar-refractivity contribution >= 4 is 17.7 Å². The summed E-state index contributed by atoms with van der Waals surface area (Å²) in [4.78, 5) is 30.2. The quantitative estimate of drug-likeness (QED) is 0.463. The van der Waals surface area contributed by atoms with Gasteiger partial charge in [-0.3, -0.25) is 10.1 Å². The third kappa shape index (κ3) is 5.56. The van der Waals surface area contributed by atoms with Gasteiger partial charge >= 0.3 is 6.09 Å². The van der Waals surface area contributed by atoms with Gasteiger partial charge < -0.3 is 19.6 Å². The van der Waals surface area contributed by atoms with Crippen molar-refractivity contribution in [3.63, 3.8) is 0 Å². The molecule has 3 aliphatic rings. The summed E-state index contributed by atoms with van der Waals surface area (Å²) in [6.07, 6.45) is 2.15. The smallest absolute Gasteiger partial charge is 0.411 e. The van der Waals surface area contributed by atoms with Crippen LogP contribution >= 0.6 is 0 Å². The minimum atomic E-state index is -0.393. The molecule has 3 aromatic carbocycles. The SMILES string of the molecule is O=C(Nc1ccccc1-c1ccccc1)OC1C[C@@H]2CN(CCN3CCc4cc(CO)ccc4C3=O)C[C@@H]2C1. The molecule has 2 heterocycles. The van der Waals surface area contributed by atoms with Crippen molar-refractivity contribution in [2.45, 2.75) is 32.0 Å². The Bertz CT molecular complexity index is 1330. The molecule has 6 rings (SSSR count). The molecule has 7 nitrogen and oxygen atoms in total. The molecular weight excluding hydrogens is 490 g/mol. The number of anilines is 1. The zero-order valence-electron chi connectivity index (χ0n) is 22.1. The number of likely N-dealkylation sites (tertiary alicyclic amines) is 1. The number of amides is 2. The number of rotatable bonds is 7. The molecule has 0 aromatic heterocycles. The highest BCUT2D eigenvalue weighted by Crippen LogP contribution is 2.39. The maximum absolute atomic E-state index is 13.0. The van der Waals surface area contributed by atoms with E-state index in [0.29, 0.717) is 11.8 Å². The zero-order chi connectivity index (χ0) is 26.8. The van der Waals surface area contributed by atoms with Crippen LogP contribution in [0, 0.1) is 11.8 Å². The van der Waals surface area contributed by atoms with Crippen LogP contribution in [0.25, 0.3) is 11.1 Å². The molecule has 0 spiro atoms. The van der Waals surface area contributed by atoms with E-state index in [0.717, 1.165) is 85.5 Å². The zero-order valence-corrected chi connectivity index (χ0v) is 22.1. The van der Waals surface area contributed by atoms with Crippen molar-refractivity contribution in [2.24, 2.45) is 11.8 Å². The van der Waals surface area contributed by atoms with Crippen molar-refractivity contribution in [1.29, 1.82) is 0 Å². The number of carbonyl (C=O) groups excluding carboxylic acids is 2. The molecule has 3 aromatic rings. The largest absolute Gasteiger partial charge is 0.446 e. The molecule has 2 amide bonds. The van der Waals surface area contributed by atoms with Gasteiger partial charge in [0.15, 0.2) is 0 Å². The predicted molar refractivity (Wildman–Crippen MR) is 150 cm³/mol. The van der Waals surface area contributed by atoms with Crippen LogP contribution in [-0.2, 0) is 17.8 Å². The van der Waals surface area contributed by atoms with E-state index in [-0.39, 0.29) is 18.6 Å². The molecule has 2 N–H and O–H groups in total. The lowest BCUT2D eigenvalue weighted by atomic mass is 9.97. The lowest BCUT2D eigenvalue weighted by molar-refractivity contribution is 0.0720. The van der Waals surface area contributed by atoms with E-state index >= 15 is 0 Å². The van der Waals surface area contributed by atoms with Gasteiger partial charge in [-0.1, -0.05) is 60.7 Å². The highest BCUT2D eigenvalue weighted by molar-refractivity contribution is 5.96. The van der Waals surface area contributed by atoms with Crippen LogP contribution in [0.5, 0.6) is 0 Å². The molecule has 0 radical (unpaired) electrons. The van der Waals surface area contributed by atoms with Crippen molar-refractivity contribution in [3.8, 4) is 11.1 Å². The molecular formula is C32H35N3O4. The number of aliphatic hydroxyl groups is 1. The average molecular weight is 526 g/mol. The van der Waals surface area contributed by atoms with Crippen LogP contribution < -0.4 is 5.32 Å². The number of hydrogen-bond donors (Lipinski definition) is 2. The minimum Gasteiger partial charge on any atom is -0.446 e. The molecule has 0 bridgehead atoms. The van der Waals surface area contributed by atoms with Gasteiger partial charge in [-0.05, 0) is 59.9 Å². The summed E-state index contributed by atoms with van der Waals surface area (Å²) in [7, 11) is 0. The van der Waals surface area contributed by atoms with Gasteiger partial charge in [0.05, 0.1) is 12.3 Å². The molecule has 2 fully saturated rings. The molecule has 3 atom stereocenters. The molecule has 39 heavy (non-hydrogen) atoms. The van der Waals surface area contributed by atoms with Gasteiger partial charge in [-0.2, -0.15) is 0 Å². The first-order valence-corrected chi connectivity index (χ1v) is 13.9. The first kappa shape index (κ1) is 25.6. The van der Waals surface area contributed by atoms with Crippen molar-refractivity contribution in [2.75, 3.05) is 38.0 Å². The van der Waals surface area contributed by atoms with Crippen LogP contribution in [0.15, 0.2) is 72.8 Å². The number of para-hydroxylation sites is 1. The van der Waals surface area contributed by atoms with Gasteiger partial charge in [0.25, 0.3) is 5.91 Å². The first-order chi connectivity index (χ1) is 19.1. The van der Waals surface area contributed by atoms with Gasteiger partial charge in [-0.25, -0.2) is 4.79 Å². The van der Waals surface area contributed by atoms with Crippen molar-refractivity contribution < 1.29 is 19.4 Å². The fraction of sp³-hybridized carbons (Fsp3) is 0.375. The number of carbonyl (C=O) groups is 2. The summed E-state index contributed by atoms with van der Waals surface area (Å²) in [5.41, 5.74) is 5.44. The van der Waals surface area contributed by atoms with E-state index in [2.05, 4.69) is 10.2 Å². The number of nitrogens with one attached hydrogen (secondary N) is 1.